The second-order valence-electron chi connectivity index (χ2n) is 8.52. The zero-order valence-corrected chi connectivity index (χ0v) is 18.6. The maximum Gasteiger partial charge on any atom is 0.251 e. The predicted octanol–water partition coefficient (Wildman–Crippen LogP) is 4.31. The summed E-state index contributed by atoms with van der Waals surface area (Å²) in [5.41, 5.74) is 3.69. The average molecular weight is 441 g/mol. The van der Waals surface area contributed by atoms with Crippen LogP contribution < -0.4 is 10.1 Å². The van der Waals surface area contributed by atoms with Crippen LogP contribution in [0.25, 0.3) is 5.65 Å². The van der Waals surface area contributed by atoms with Gasteiger partial charge in [-0.1, -0.05) is 42.5 Å². The van der Waals surface area contributed by atoms with Crippen LogP contribution >= 0.6 is 0 Å². The maximum atomic E-state index is 12.8. The van der Waals surface area contributed by atoms with Gasteiger partial charge in [0.1, 0.15) is 18.0 Å². The van der Waals surface area contributed by atoms with Gasteiger partial charge in [0.05, 0.1) is 5.69 Å². The highest BCUT2D eigenvalue weighted by Gasteiger charge is 2.21. The van der Waals surface area contributed by atoms with E-state index in [-0.39, 0.29) is 11.9 Å². The maximum absolute atomic E-state index is 12.8. The van der Waals surface area contributed by atoms with Crippen LogP contribution in [0.1, 0.15) is 34.5 Å². The van der Waals surface area contributed by atoms with Crippen molar-refractivity contribution in [2.24, 2.45) is 0 Å². The van der Waals surface area contributed by atoms with E-state index < -0.39 is 0 Å². The van der Waals surface area contributed by atoms with E-state index in [4.69, 9.17) is 4.74 Å². The van der Waals surface area contributed by atoms with E-state index in [0.717, 1.165) is 43.8 Å². The van der Waals surface area contributed by atoms with E-state index in [0.29, 0.717) is 17.9 Å². The second-order valence-corrected chi connectivity index (χ2v) is 8.52. The van der Waals surface area contributed by atoms with Gasteiger partial charge in [-0.25, -0.2) is 4.98 Å². The summed E-state index contributed by atoms with van der Waals surface area (Å²) in [7, 11) is 0. The third-order valence-electron chi connectivity index (χ3n) is 6.07. The summed E-state index contributed by atoms with van der Waals surface area (Å²) in [6.45, 7) is 3.30. The van der Waals surface area contributed by atoms with Crippen LogP contribution in [0.2, 0.25) is 0 Å². The topological polar surface area (TPSA) is 58.9 Å². The van der Waals surface area contributed by atoms with Crippen LogP contribution in [0, 0.1) is 0 Å². The molecule has 1 aliphatic heterocycles. The number of hydrogen-bond donors (Lipinski definition) is 1. The number of aromatic nitrogens is 2. The van der Waals surface area contributed by atoms with Crippen molar-refractivity contribution in [1.82, 2.24) is 19.6 Å². The number of fused-ring (bicyclic) bond motifs is 1. The number of pyridine rings is 1. The molecule has 1 fully saturated rings. The summed E-state index contributed by atoms with van der Waals surface area (Å²) in [6, 6.07) is 24.0. The Morgan fingerprint density at radius 3 is 2.64 bits per heavy atom. The molecule has 168 valence electrons. The van der Waals surface area contributed by atoms with Crippen molar-refractivity contribution < 1.29 is 9.53 Å². The highest BCUT2D eigenvalue weighted by molar-refractivity contribution is 5.94. The molecule has 1 amide bonds. The standard InChI is InChI=1S/C27H28N4O2/c32-27(29-23-12-15-30(16-13-23)18-21-7-2-1-3-8-21)22-9-6-10-25(17-22)33-20-24-19-31-14-5-4-11-26(31)28-24/h1-11,14,17,19,23H,12-13,15-16,18,20H2,(H,29,32). The van der Waals surface area contributed by atoms with E-state index in [2.05, 4.69) is 39.5 Å². The number of hydrogen-bond acceptors (Lipinski definition) is 4. The molecule has 1 N–H and O–H groups in total. The minimum atomic E-state index is -0.0466. The van der Waals surface area contributed by atoms with Gasteiger partial charge in [0.25, 0.3) is 5.91 Å². The molecule has 6 nitrogen and oxygen atoms in total. The third-order valence-corrected chi connectivity index (χ3v) is 6.07. The Balaban J connectivity index is 1.12. The first-order chi connectivity index (χ1) is 16.2. The molecule has 1 aliphatic rings. The highest BCUT2D eigenvalue weighted by atomic mass is 16.5. The summed E-state index contributed by atoms with van der Waals surface area (Å²) in [4.78, 5) is 19.8. The van der Waals surface area contributed by atoms with Crippen molar-refractivity contribution in [3.8, 4) is 5.75 Å². The Morgan fingerprint density at radius 2 is 1.82 bits per heavy atom. The first-order valence-corrected chi connectivity index (χ1v) is 11.5. The van der Waals surface area contributed by atoms with Crippen molar-refractivity contribution in [1.29, 1.82) is 0 Å². The summed E-state index contributed by atoms with van der Waals surface area (Å²) < 4.78 is 7.88. The van der Waals surface area contributed by atoms with Gasteiger partial charge < -0.3 is 14.5 Å². The fourth-order valence-corrected chi connectivity index (χ4v) is 4.29. The Morgan fingerprint density at radius 1 is 1.00 bits per heavy atom. The van der Waals surface area contributed by atoms with Crippen molar-refractivity contribution in [2.45, 2.75) is 32.0 Å². The zero-order chi connectivity index (χ0) is 22.5. The Labute approximate surface area is 193 Å². The van der Waals surface area contributed by atoms with Gasteiger partial charge in [0.2, 0.25) is 0 Å². The number of imidazole rings is 1. The van der Waals surface area contributed by atoms with E-state index in [9.17, 15) is 4.79 Å². The molecule has 4 aromatic rings. The molecule has 3 heterocycles. The number of rotatable bonds is 7. The quantitative estimate of drug-likeness (QED) is 0.465. The van der Waals surface area contributed by atoms with Gasteiger partial charge in [-0.3, -0.25) is 9.69 Å². The minimum absolute atomic E-state index is 0.0466. The van der Waals surface area contributed by atoms with Crippen LogP contribution in [-0.2, 0) is 13.2 Å². The Kier molecular flexibility index (Phi) is 6.35. The number of nitrogens with zero attached hydrogens (tertiary/aromatic N) is 3. The lowest BCUT2D eigenvalue weighted by atomic mass is 10.0. The van der Waals surface area contributed by atoms with Crippen molar-refractivity contribution >= 4 is 11.6 Å². The van der Waals surface area contributed by atoms with Gasteiger partial charge in [-0.15, -0.1) is 0 Å². The largest absolute Gasteiger partial charge is 0.487 e. The molecule has 0 atom stereocenters. The molecule has 0 radical (unpaired) electrons. The number of ether oxygens (including phenoxy) is 1. The molecule has 2 aromatic heterocycles. The first-order valence-electron chi connectivity index (χ1n) is 11.5. The lowest BCUT2D eigenvalue weighted by molar-refractivity contribution is 0.0908. The normalized spacial score (nSPS) is 14.9. The first kappa shape index (κ1) is 21.2. The Bertz CT molecular complexity index is 1180. The van der Waals surface area contributed by atoms with Crippen LogP contribution in [-0.4, -0.2) is 39.3 Å². The number of carbonyl (C=O) groups is 1. The molecule has 0 aliphatic carbocycles. The molecule has 0 unspecified atom stereocenters. The van der Waals surface area contributed by atoms with E-state index in [1.165, 1.54) is 5.56 Å². The highest BCUT2D eigenvalue weighted by Crippen LogP contribution is 2.18. The number of benzene rings is 2. The molecule has 0 spiro atoms. The van der Waals surface area contributed by atoms with Gasteiger partial charge in [-0.2, -0.15) is 0 Å². The van der Waals surface area contributed by atoms with E-state index in [1.54, 1.807) is 6.07 Å². The second kappa shape index (κ2) is 9.88. The van der Waals surface area contributed by atoms with Gasteiger partial charge in [0.15, 0.2) is 0 Å². The molecule has 1 saturated heterocycles. The SMILES string of the molecule is O=C(NC1CCN(Cc2ccccc2)CC1)c1cccc(OCc2cn3ccccc3n2)c1. The molecule has 33 heavy (non-hydrogen) atoms. The molecular weight excluding hydrogens is 412 g/mol. The average Bonchev–Trinajstić information content (AvgIpc) is 3.28. The fourth-order valence-electron chi connectivity index (χ4n) is 4.29. The molecule has 0 saturated carbocycles. The molecule has 6 heteroatoms. The smallest absolute Gasteiger partial charge is 0.251 e. The molecule has 0 bridgehead atoms. The molecule has 5 rings (SSSR count). The van der Waals surface area contributed by atoms with Crippen molar-refractivity contribution in [3.05, 3.63) is 102 Å². The minimum Gasteiger partial charge on any atom is -0.487 e. The van der Waals surface area contributed by atoms with E-state index in [1.807, 2.05) is 59.3 Å². The van der Waals surface area contributed by atoms with Crippen LogP contribution in [0.3, 0.4) is 0 Å². The zero-order valence-electron chi connectivity index (χ0n) is 18.6. The van der Waals surface area contributed by atoms with Crippen molar-refractivity contribution in [3.63, 3.8) is 0 Å². The summed E-state index contributed by atoms with van der Waals surface area (Å²) >= 11 is 0. The number of carbonyl (C=O) groups excluding carboxylic acids is 1. The third kappa shape index (κ3) is 5.41. The lowest BCUT2D eigenvalue weighted by Crippen LogP contribution is -2.44. The van der Waals surface area contributed by atoms with Gasteiger partial charge in [-0.05, 0) is 48.7 Å². The molecule has 2 aromatic carbocycles. The van der Waals surface area contributed by atoms with Crippen molar-refractivity contribution in [2.75, 3.05) is 13.1 Å². The number of nitrogens with one attached hydrogen (secondary N) is 1. The summed E-state index contributed by atoms with van der Waals surface area (Å²) in [5, 5.41) is 3.20. The van der Waals surface area contributed by atoms with Crippen LogP contribution in [0.4, 0.5) is 0 Å². The van der Waals surface area contributed by atoms with E-state index >= 15 is 0 Å². The summed E-state index contributed by atoms with van der Waals surface area (Å²) in [6.07, 6.45) is 5.84. The number of piperidine rings is 1. The monoisotopic (exact) mass is 440 g/mol. The molecular formula is C27H28N4O2. The van der Waals surface area contributed by atoms with Crippen LogP contribution in [0.15, 0.2) is 85.2 Å². The number of amides is 1. The van der Waals surface area contributed by atoms with Gasteiger partial charge in [0, 0.05) is 43.6 Å². The fraction of sp³-hybridized carbons (Fsp3) is 0.259. The van der Waals surface area contributed by atoms with Crippen LogP contribution in [0.5, 0.6) is 5.75 Å². The number of likely N-dealkylation sites (tertiary alicyclic amines) is 1. The Hall–Kier alpha value is -3.64. The lowest BCUT2D eigenvalue weighted by Gasteiger charge is -2.32. The summed E-state index contributed by atoms with van der Waals surface area (Å²) in [5.74, 6) is 0.618. The van der Waals surface area contributed by atoms with Gasteiger partial charge >= 0.3 is 0 Å². The predicted molar refractivity (Wildman–Crippen MR) is 128 cm³/mol.